The molecule has 1 saturated heterocycles. The van der Waals surface area contributed by atoms with Gasteiger partial charge in [-0.2, -0.15) is 4.31 Å². The Morgan fingerprint density at radius 1 is 1.23 bits per heavy atom. The summed E-state index contributed by atoms with van der Waals surface area (Å²) >= 11 is 0. The molecule has 1 aliphatic heterocycles. The molecule has 1 aromatic carbocycles. The highest BCUT2D eigenvalue weighted by Crippen LogP contribution is 2.13. The molecular formula is C19H28IN5O4S. The van der Waals surface area contributed by atoms with E-state index < -0.39 is 10.0 Å². The van der Waals surface area contributed by atoms with Crippen LogP contribution in [-0.4, -0.2) is 74.6 Å². The number of aromatic nitrogens is 1. The lowest BCUT2D eigenvalue weighted by Crippen LogP contribution is -2.54. The Kier molecular flexibility index (Phi) is 9.37. The molecule has 2 heterocycles. The molecule has 1 N–H and O–H groups in total. The largest absolute Gasteiger partial charge is 0.489 e. The summed E-state index contributed by atoms with van der Waals surface area (Å²) in [6.07, 6.45) is 1.33. The van der Waals surface area contributed by atoms with Gasteiger partial charge in [-0.05, 0) is 19.1 Å². The van der Waals surface area contributed by atoms with Crippen molar-refractivity contribution in [2.45, 2.75) is 18.8 Å². The van der Waals surface area contributed by atoms with Crippen LogP contribution in [0.1, 0.15) is 12.6 Å². The Morgan fingerprint density at radius 2 is 1.93 bits per heavy atom. The van der Waals surface area contributed by atoms with Crippen molar-refractivity contribution in [1.82, 2.24) is 19.7 Å². The van der Waals surface area contributed by atoms with Crippen molar-refractivity contribution in [3.8, 4) is 5.75 Å². The summed E-state index contributed by atoms with van der Waals surface area (Å²) in [5.74, 6) is 1.41. The first kappa shape index (κ1) is 24.4. The fourth-order valence-electron chi connectivity index (χ4n) is 3.11. The molecule has 30 heavy (non-hydrogen) atoms. The monoisotopic (exact) mass is 549 g/mol. The van der Waals surface area contributed by atoms with Gasteiger partial charge < -0.3 is 19.5 Å². The third kappa shape index (κ3) is 6.84. The van der Waals surface area contributed by atoms with Crippen molar-refractivity contribution in [1.29, 1.82) is 0 Å². The summed E-state index contributed by atoms with van der Waals surface area (Å²) in [6.45, 7) is 4.50. The number of aliphatic imine (C=N–C) groups is 1. The summed E-state index contributed by atoms with van der Waals surface area (Å²) in [5, 5.41) is 7.00. The van der Waals surface area contributed by atoms with Crippen molar-refractivity contribution in [3.05, 3.63) is 48.4 Å². The quantitative estimate of drug-likeness (QED) is 0.319. The molecule has 1 fully saturated rings. The van der Waals surface area contributed by atoms with Gasteiger partial charge in [-0.1, -0.05) is 23.4 Å². The number of guanidine groups is 1. The van der Waals surface area contributed by atoms with Crippen LogP contribution >= 0.6 is 24.0 Å². The number of sulfonamides is 1. The predicted octanol–water partition coefficient (Wildman–Crippen LogP) is 1.78. The Morgan fingerprint density at radius 3 is 2.53 bits per heavy atom. The average molecular weight is 549 g/mol. The maximum Gasteiger partial charge on any atom is 0.220 e. The minimum atomic E-state index is -3.42. The highest BCUT2D eigenvalue weighted by molar-refractivity contribution is 14.0. The van der Waals surface area contributed by atoms with Gasteiger partial charge in [0.25, 0.3) is 0 Å². The van der Waals surface area contributed by atoms with Crippen LogP contribution in [0.25, 0.3) is 0 Å². The maximum atomic E-state index is 12.6. The standard InChI is InChI=1S/C19H27N5O4S.HI/c1-16(28-18-6-4-3-5-7-18)14-21-19(20-2)23-9-11-24(12-10-23)29(25,26)15-17-8-13-27-22-17;/h3-8,13,16H,9-12,14-15H2,1-2H3,(H,20,21);1H. The molecular weight excluding hydrogens is 521 g/mol. The van der Waals surface area contributed by atoms with Crippen molar-refractivity contribution in [2.75, 3.05) is 39.8 Å². The molecule has 0 radical (unpaired) electrons. The van der Waals surface area contributed by atoms with Gasteiger partial charge in [-0.25, -0.2) is 8.42 Å². The van der Waals surface area contributed by atoms with Gasteiger partial charge >= 0.3 is 0 Å². The fourth-order valence-corrected chi connectivity index (χ4v) is 4.53. The minimum Gasteiger partial charge on any atom is -0.489 e. The van der Waals surface area contributed by atoms with E-state index in [9.17, 15) is 8.42 Å². The lowest BCUT2D eigenvalue weighted by atomic mass is 10.3. The second-order valence-corrected chi connectivity index (χ2v) is 8.77. The van der Waals surface area contributed by atoms with E-state index >= 15 is 0 Å². The number of halogens is 1. The minimum absolute atomic E-state index is 0. The summed E-state index contributed by atoms with van der Waals surface area (Å²) < 4.78 is 37.2. The van der Waals surface area contributed by atoms with E-state index in [4.69, 9.17) is 9.26 Å². The number of nitrogens with one attached hydrogen (secondary N) is 1. The number of hydrogen-bond acceptors (Lipinski definition) is 6. The van der Waals surface area contributed by atoms with Crippen LogP contribution in [0, 0.1) is 0 Å². The van der Waals surface area contributed by atoms with E-state index in [0.29, 0.717) is 38.4 Å². The Labute approximate surface area is 194 Å². The van der Waals surface area contributed by atoms with Crippen LogP contribution in [0.4, 0.5) is 0 Å². The molecule has 9 nitrogen and oxygen atoms in total. The van der Waals surface area contributed by atoms with Crippen LogP contribution in [0.5, 0.6) is 5.75 Å². The summed E-state index contributed by atoms with van der Waals surface area (Å²) in [7, 11) is -1.70. The number of para-hydroxylation sites is 1. The highest BCUT2D eigenvalue weighted by Gasteiger charge is 2.29. The number of hydrogen-bond donors (Lipinski definition) is 1. The SMILES string of the molecule is CN=C(NCC(C)Oc1ccccc1)N1CCN(S(=O)(=O)Cc2ccon2)CC1.I. The van der Waals surface area contributed by atoms with Gasteiger partial charge in [0, 0.05) is 39.3 Å². The zero-order valence-corrected chi connectivity index (χ0v) is 20.2. The number of piperazine rings is 1. The normalized spacial score (nSPS) is 16.6. The van der Waals surface area contributed by atoms with Gasteiger partial charge in [-0.15, -0.1) is 24.0 Å². The molecule has 3 rings (SSSR count). The molecule has 0 saturated carbocycles. The first-order valence-electron chi connectivity index (χ1n) is 9.52. The van der Waals surface area contributed by atoms with Crippen molar-refractivity contribution in [2.24, 2.45) is 4.99 Å². The number of benzene rings is 1. The lowest BCUT2D eigenvalue weighted by Gasteiger charge is -2.36. The zero-order valence-electron chi connectivity index (χ0n) is 17.1. The number of nitrogens with zero attached hydrogens (tertiary/aromatic N) is 4. The van der Waals surface area contributed by atoms with Crippen LogP contribution < -0.4 is 10.1 Å². The Balaban J connectivity index is 0.00000320. The average Bonchev–Trinajstić information content (AvgIpc) is 3.22. The maximum absolute atomic E-state index is 12.6. The van der Waals surface area contributed by atoms with Gasteiger partial charge in [0.05, 0.1) is 12.2 Å². The van der Waals surface area contributed by atoms with Crippen LogP contribution in [0.2, 0.25) is 0 Å². The van der Waals surface area contributed by atoms with E-state index in [1.165, 1.54) is 10.6 Å². The molecule has 1 unspecified atom stereocenters. The van der Waals surface area contributed by atoms with Crippen molar-refractivity contribution in [3.63, 3.8) is 0 Å². The highest BCUT2D eigenvalue weighted by atomic mass is 127. The molecule has 1 atom stereocenters. The van der Waals surface area contributed by atoms with Gasteiger partial charge in [-0.3, -0.25) is 4.99 Å². The third-order valence-electron chi connectivity index (χ3n) is 4.59. The third-order valence-corrected chi connectivity index (χ3v) is 6.41. The van der Waals surface area contributed by atoms with Crippen molar-refractivity contribution >= 4 is 40.0 Å². The topological polar surface area (TPSA) is 100 Å². The van der Waals surface area contributed by atoms with Crippen LogP contribution in [-0.2, 0) is 15.8 Å². The zero-order chi connectivity index (χ0) is 20.7. The number of rotatable bonds is 7. The second-order valence-electron chi connectivity index (χ2n) is 6.80. The Bertz CT molecular complexity index is 885. The van der Waals surface area contributed by atoms with E-state index in [1.54, 1.807) is 13.1 Å². The molecule has 1 aromatic heterocycles. The molecule has 0 spiro atoms. The van der Waals surface area contributed by atoms with E-state index in [2.05, 4.69) is 20.4 Å². The second kappa shape index (κ2) is 11.5. The molecule has 11 heteroatoms. The molecule has 2 aromatic rings. The van der Waals surface area contributed by atoms with Crippen LogP contribution in [0.3, 0.4) is 0 Å². The molecule has 0 aliphatic carbocycles. The van der Waals surface area contributed by atoms with Crippen LogP contribution in [0.15, 0.2) is 52.2 Å². The van der Waals surface area contributed by atoms with E-state index in [1.807, 2.05) is 37.3 Å². The van der Waals surface area contributed by atoms with Gasteiger partial charge in [0.15, 0.2) is 5.96 Å². The smallest absolute Gasteiger partial charge is 0.220 e. The molecule has 166 valence electrons. The van der Waals surface area contributed by atoms with Gasteiger partial charge in [0.1, 0.15) is 23.9 Å². The predicted molar refractivity (Wildman–Crippen MR) is 126 cm³/mol. The fraction of sp³-hybridized carbons (Fsp3) is 0.474. The molecule has 1 aliphatic rings. The summed E-state index contributed by atoms with van der Waals surface area (Å²) in [6, 6.07) is 11.2. The first-order chi connectivity index (χ1) is 14.0. The summed E-state index contributed by atoms with van der Waals surface area (Å²) in [4.78, 5) is 6.38. The lowest BCUT2D eigenvalue weighted by molar-refractivity contribution is 0.218. The molecule has 0 amide bonds. The number of ether oxygens (including phenoxy) is 1. The first-order valence-corrected chi connectivity index (χ1v) is 11.1. The van der Waals surface area contributed by atoms with E-state index in [-0.39, 0.29) is 35.8 Å². The molecule has 0 bridgehead atoms. The Hall–Kier alpha value is -1.86. The van der Waals surface area contributed by atoms with E-state index in [0.717, 1.165) is 11.7 Å². The van der Waals surface area contributed by atoms with Gasteiger partial charge in [0.2, 0.25) is 10.0 Å². The van der Waals surface area contributed by atoms with Crippen molar-refractivity contribution < 1.29 is 17.7 Å². The summed E-state index contributed by atoms with van der Waals surface area (Å²) in [5.41, 5.74) is 0.414.